The number of halogens is 1. The first-order valence-electron chi connectivity index (χ1n) is 13.2. The predicted molar refractivity (Wildman–Crippen MR) is 158 cm³/mol. The number of rotatable bonds is 16. The summed E-state index contributed by atoms with van der Waals surface area (Å²) in [6.07, 6.45) is 2.57. The lowest BCUT2D eigenvalue weighted by Crippen LogP contribution is -2.26. The SMILES string of the molecule is C=CCOCCOCCOc1ccc(C(=O)Oc2ccc(-c3ccc(OC(=O)C(Br)C(C)CC)cc3)cc2)cc1. The van der Waals surface area contributed by atoms with E-state index >= 15 is 0 Å². The van der Waals surface area contributed by atoms with Gasteiger partial charge in [-0.2, -0.15) is 0 Å². The quantitative estimate of drug-likeness (QED) is 0.0574. The molecular formula is C32H35BrO7. The first-order valence-corrected chi connectivity index (χ1v) is 14.1. The van der Waals surface area contributed by atoms with Crippen LogP contribution in [0.3, 0.4) is 0 Å². The summed E-state index contributed by atoms with van der Waals surface area (Å²) >= 11 is 3.41. The minimum atomic E-state index is -0.462. The van der Waals surface area contributed by atoms with E-state index in [4.69, 9.17) is 23.7 Å². The van der Waals surface area contributed by atoms with Gasteiger partial charge in [0, 0.05) is 0 Å². The van der Waals surface area contributed by atoms with Crippen LogP contribution in [0.5, 0.6) is 17.2 Å². The van der Waals surface area contributed by atoms with Gasteiger partial charge in [-0.15, -0.1) is 6.58 Å². The molecule has 7 nitrogen and oxygen atoms in total. The lowest BCUT2D eigenvalue weighted by atomic mass is 10.1. The maximum absolute atomic E-state index is 12.6. The van der Waals surface area contributed by atoms with E-state index < -0.39 is 5.97 Å². The molecule has 0 aliphatic carbocycles. The molecule has 0 aliphatic rings. The average Bonchev–Trinajstić information content (AvgIpc) is 2.98. The highest BCUT2D eigenvalue weighted by Crippen LogP contribution is 2.26. The highest BCUT2D eigenvalue weighted by Gasteiger charge is 2.22. The monoisotopic (exact) mass is 610 g/mol. The van der Waals surface area contributed by atoms with Crippen LogP contribution >= 0.6 is 15.9 Å². The fourth-order valence-electron chi connectivity index (χ4n) is 3.50. The Kier molecular flexibility index (Phi) is 12.9. The van der Waals surface area contributed by atoms with Gasteiger partial charge in [0.25, 0.3) is 0 Å². The zero-order chi connectivity index (χ0) is 28.7. The van der Waals surface area contributed by atoms with Crippen molar-refractivity contribution in [3.63, 3.8) is 0 Å². The summed E-state index contributed by atoms with van der Waals surface area (Å²) in [6, 6.07) is 21.2. The largest absolute Gasteiger partial charge is 0.491 e. The second kappa shape index (κ2) is 16.6. The molecule has 0 heterocycles. The molecule has 3 rings (SSSR count). The topological polar surface area (TPSA) is 80.3 Å². The van der Waals surface area contributed by atoms with Gasteiger partial charge in [-0.25, -0.2) is 4.79 Å². The second-order valence-corrected chi connectivity index (χ2v) is 9.98. The van der Waals surface area contributed by atoms with Crippen molar-refractivity contribution in [1.29, 1.82) is 0 Å². The van der Waals surface area contributed by atoms with Crippen LogP contribution in [0.2, 0.25) is 0 Å². The van der Waals surface area contributed by atoms with E-state index in [2.05, 4.69) is 22.5 Å². The molecule has 40 heavy (non-hydrogen) atoms. The van der Waals surface area contributed by atoms with Gasteiger partial charge in [0.2, 0.25) is 0 Å². The van der Waals surface area contributed by atoms with Crippen molar-refractivity contribution in [1.82, 2.24) is 0 Å². The third-order valence-electron chi connectivity index (χ3n) is 6.03. The highest BCUT2D eigenvalue weighted by molar-refractivity contribution is 9.10. The van der Waals surface area contributed by atoms with Gasteiger partial charge >= 0.3 is 11.9 Å². The van der Waals surface area contributed by atoms with Crippen molar-refractivity contribution in [2.24, 2.45) is 5.92 Å². The molecule has 0 aliphatic heterocycles. The second-order valence-electron chi connectivity index (χ2n) is 9.00. The Morgan fingerprint density at radius 1 is 0.775 bits per heavy atom. The van der Waals surface area contributed by atoms with Crippen LogP contribution in [0, 0.1) is 5.92 Å². The van der Waals surface area contributed by atoms with Crippen molar-refractivity contribution < 1.29 is 33.3 Å². The number of benzene rings is 3. The fraction of sp³-hybridized carbons (Fsp3) is 0.312. The van der Waals surface area contributed by atoms with Gasteiger partial charge < -0.3 is 23.7 Å². The fourth-order valence-corrected chi connectivity index (χ4v) is 3.97. The van der Waals surface area contributed by atoms with E-state index in [1.165, 1.54) is 0 Å². The molecule has 8 heteroatoms. The molecule has 0 fully saturated rings. The number of hydrogen-bond acceptors (Lipinski definition) is 7. The molecule has 0 aromatic heterocycles. The first kappa shape index (κ1) is 31.1. The molecule has 0 saturated carbocycles. The van der Waals surface area contributed by atoms with Gasteiger partial charge in [-0.3, -0.25) is 4.79 Å². The molecule has 3 aromatic rings. The van der Waals surface area contributed by atoms with Gasteiger partial charge in [-0.05, 0) is 65.6 Å². The Morgan fingerprint density at radius 2 is 1.30 bits per heavy atom. The number of ether oxygens (including phenoxy) is 5. The van der Waals surface area contributed by atoms with Crippen LogP contribution in [0.25, 0.3) is 11.1 Å². The van der Waals surface area contributed by atoms with Crippen LogP contribution in [0.15, 0.2) is 85.5 Å². The number of carbonyl (C=O) groups is 2. The summed E-state index contributed by atoms with van der Waals surface area (Å²) < 4.78 is 27.3. The van der Waals surface area contributed by atoms with Crippen LogP contribution < -0.4 is 14.2 Å². The lowest BCUT2D eigenvalue weighted by molar-refractivity contribution is -0.134. The van der Waals surface area contributed by atoms with E-state index in [-0.39, 0.29) is 16.7 Å². The van der Waals surface area contributed by atoms with Crippen molar-refractivity contribution >= 4 is 27.9 Å². The Hall–Kier alpha value is -3.46. The minimum absolute atomic E-state index is 0.183. The molecule has 0 saturated heterocycles. The predicted octanol–water partition coefficient (Wildman–Crippen LogP) is 6.89. The Labute approximate surface area is 244 Å². The van der Waals surface area contributed by atoms with E-state index in [0.717, 1.165) is 17.5 Å². The molecular weight excluding hydrogens is 576 g/mol. The third kappa shape index (κ3) is 9.93. The van der Waals surface area contributed by atoms with Crippen LogP contribution in [0.1, 0.15) is 30.6 Å². The number of carbonyl (C=O) groups excluding carboxylic acids is 2. The minimum Gasteiger partial charge on any atom is -0.491 e. The standard InChI is InChI=1S/C32H35BrO7/c1-4-18-36-19-20-37-21-22-38-27-12-10-26(11-13-27)31(34)39-28-14-6-24(7-15-28)25-8-16-29(17-9-25)40-32(35)30(33)23(3)5-2/h4,6-17,23,30H,1,5,18-22H2,2-3H3. The van der Waals surface area contributed by atoms with Crippen molar-refractivity contribution in [2.75, 3.05) is 33.0 Å². The molecule has 0 amide bonds. The molecule has 2 unspecified atom stereocenters. The number of esters is 2. The molecule has 3 aromatic carbocycles. The summed E-state index contributed by atoms with van der Waals surface area (Å²) in [5.74, 6) is 0.972. The molecule has 2 atom stereocenters. The zero-order valence-corrected chi connectivity index (χ0v) is 24.4. The Bertz CT molecular complexity index is 1210. The molecule has 212 valence electrons. The van der Waals surface area contributed by atoms with Crippen molar-refractivity contribution in [2.45, 2.75) is 25.1 Å². The van der Waals surface area contributed by atoms with Crippen molar-refractivity contribution in [3.05, 3.63) is 91.0 Å². The van der Waals surface area contributed by atoms with Gasteiger partial charge in [0.1, 0.15) is 28.7 Å². The summed E-state index contributed by atoms with van der Waals surface area (Å²) in [7, 11) is 0. The average molecular weight is 612 g/mol. The zero-order valence-electron chi connectivity index (χ0n) is 22.8. The van der Waals surface area contributed by atoms with Gasteiger partial charge in [0.05, 0.1) is 32.0 Å². The van der Waals surface area contributed by atoms with Crippen molar-refractivity contribution in [3.8, 4) is 28.4 Å². The van der Waals surface area contributed by atoms with Gasteiger partial charge in [-0.1, -0.05) is 66.5 Å². The molecule has 0 N–H and O–H groups in total. The normalized spacial score (nSPS) is 12.3. The smallest absolute Gasteiger partial charge is 0.343 e. The van der Waals surface area contributed by atoms with Gasteiger partial charge in [0.15, 0.2) is 0 Å². The summed E-state index contributed by atoms with van der Waals surface area (Å²) in [6.45, 7) is 9.94. The molecule has 0 spiro atoms. The van der Waals surface area contributed by atoms with Crippen LogP contribution in [-0.4, -0.2) is 49.8 Å². The van der Waals surface area contributed by atoms with E-state index in [9.17, 15) is 9.59 Å². The van der Waals surface area contributed by atoms with Crippen LogP contribution in [0.4, 0.5) is 0 Å². The molecule has 0 radical (unpaired) electrons. The summed E-state index contributed by atoms with van der Waals surface area (Å²) in [5.41, 5.74) is 2.29. The molecule has 0 bridgehead atoms. The first-order chi connectivity index (χ1) is 19.4. The van der Waals surface area contributed by atoms with Crippen LogP contribution in [-0.2, 0) is 14.3 Å². The maximum atomic E-state index is 12.6. The van der Waals surface area contributed by atoms with E-state index in [1.54, 1.807) is 54.6 Å². The Morgan fingerprint density at radius 3 is 1.88 bits per heavy atom. The highest BCUT2D eigenvalue weighted by atomic mass is 79.9. The summed E-state index contributed by atoms with van der Waals surface area (Å²) in [4.78, 5) is 24.5. The maximum Gasteiger partial charge on any atom is 0.343 e. The number of alkyl halides is 1. The Balaban J connectivity index is 1.45. The lowest BCUT2D eigenvalue weighted by Gasteiger charge is -2.15. The number of hydrogen-bond donors (Lipinski definition) is 0. The van der Waals surface area contributed by atoms with E-state index in [0.29, 0.717) is 55.8 Å². The summed E-state index contributed by atoms with van der Waals surface area (Å²) in [5, 5.41) is 0. The van der Waals surface area contributed by atoms with E-state index in [1.807, 2.05) is 38.1 Å². The third-order valence-corrected chi connectivity index (χ3v) is 7.31.